The van der Waals surface area contributed by atoms with Crippen molar-refractivity contribution in [3.8, 4) is 5.75 Å². The van der Waals surface area contributed by atoms with E-state index < -0.39 is 30.8 Å². The van der Waals surface area contributed by atoms with Crippen LogP contribution in [0.5, 0.6) is 5.75 Å². The third-order valence-corrected chi connectivity index (χ3v) is 4.64. The second-order valence-electron chi connectivity index (χ2n) is 6.40. The number of fused-ring (bicyclic) bond motifs is 1. The van der Waals surface area contributed by atoms with Gasteiger partial charge in [0.15, 0.2) is 0 Å². The van der Waals surface area contributed by atoms with Crippen LogP contribution in [0.4, 0.5) is 4.39 Å². The number of carbonyl (C=O) groups is 2. The molecule has 0 radical (unpaired) electrons. The average Bonchev–Trinajstić information content (AvgIpc) is 2.67. The average molecular weight is 387 g/mol. The van der Waals surface area contributed by atoms with Crippen LogP contribution >= 0.6 is 0 Å². The minimum absolute atomic E-state index is 0.0189. The summed E-state index contributed by atoms with van der Waals surface area (Å²) in [5.41, 5.74) is 12.3. The van der Waals surface area contributed by atoms with Gasteiger partial charge >= 0.3 is 13.1 Å². The summed E-state index contributed by atoms with van der Waals surface area (Å²) in [5.74, 6) is -3.22. The van der Waals surface area contributed by atoms with Gasteiger partial charge in [0, 0.05) is 24.2 Å². The molecule has 0 saturated carbocycles. The number of nitrogens with one attached hydrogen (secondary N) is 1. The zero-order chi connectivity index (χ0) is 20.4. The lowest BCUT2D eigenvalue weighted by Crippen LogP contribution is -2.53. The van der Waals surface area contributed by atoms with Crippen molar-refractivity contribution in [3.63, 3.8) is 0 Å². The summed E-state index contributed by atoms with van der Waals surface area (Å²) in [6.07, 6.45) is 0.149. The fraction of sp³-hybridized carbons (Fsp3) is 0.222. The van der Waals surface area contributed by atoms with Crippen molar-refractivity contribution in [1.82, 2.24) is 5.32 Å². The Balaban J connectivity index is 1.83. The maximum Gasteiger partial charge on any atom is 0.547 e. The molecule has 3 rings (SSSR count). The van der Waals surface area contributed by atoms with Gasteiger partial charge in [-0.2, -0.15) is 0 Å². The topological polar surface area (TPSA) is 148 Å². The molecule has 0 unspecified atom stereocenters. The molecule has 1 amide bonds. The van der Waals surface area contributed by atoms with Crippen LogP contribution in [0.3, 0.4) is 0 Å². The van der Waals surface area contributed by atoms with Crippen LogP contribution in [-0.2, 0) is 19.5 Å². The van der Waals surface area contributed by atoms with Gasteiger partial charge in [-0.15, -0.1) is 0 Å². The van der Waals surface area contributed by atoms with Crippen molar-refractivity contribution in [2.75, 3.05) is 0 Å². The lowest BCUT2D eigenvalue weighted by atomic mass is 9.72. The van der Waals surface area contributed by atoms with E-state index in [1.807, 2.05) is 0 Å². The Kier molecular flexibility index (Phi) is 5.64. The van der Waals surface area contributed by atoms with Crippen molar-refractivity contribution < 1.29 is 28.8 Å². The number of halogens is 1. The number of carboxylic acid groups (broad SMARTS) is 1. The molecule has 8 nitrogen and oxygen atoms in total. The number of rotatable bonds is 5. The van der Waals surface area contributed by atoms with E-state index in [9.17, 15) is 24.1 Å². The van der Waals surface area contributed by atoms with Gasteiger partial charge < -0.3 is 31.6 Å². The molecule has 146 valence electrons. The highest BCUT2D eigenvalue weighted by molar-refractivity contribution is 6.47. The lowest BCUT2D eigenvalue weighted by Gasteiger charge is -2.29. The second kappa shape index (κ2) is 7.97. The van der Waals surface area contributed by atoms with Crippen LogP contribution in [-0.4, -0.2) is 35.1 Å². The quantitative estimate of drug-likeness (QED) is 0.460. The Morgan fingerprint density at radius 3 is 2.68 bits per heavy atom. The van der Waals surface area contributed by atoms with Crippen LogP contribution in [0.25, 0.3) is 0 Å². The first-order valence-corrected chi connectivity index (χ1v) is 8.57. The van der Waals surface area contributed by atoms with Crippen LogP contribution in [0, 0.1) is 5.82 Å². The molecule has 0 spiro atoms. The van der Waals surface area contributed by atoms with Crippen molar-refractivity contribution in [2.24, 2.45) is 11.5 Å². The van der Waals surface area contributed by atoms with E-state index in [1.54, 1.807) is 12.1 Å². The van der Waals surface area contributed by atoms with Crippen LogP contribution in [0.15, 0.2) is 30.3 Å². The Morgan fingerprint density at radius 1 is 1.29 bits per heavy atom. The molecule has 1 atom stereocenters. The Morgan fingerprint density at radius 2 is 2.04 bits per heavy atom. The molecular formula is C18H19BFN3O5. The van der Waals surface area contributed by atoms with Gasteiger partial charge in [0.2, 0.25) is 0 Å². The van der Waals surface area contributed by atoms with Crippen molar-refractivity contribution in [2.45, 2.75) is 25.5 Å². The maximum atomic E-state index is 14.2. The predicted molar refractivity (Wildman–Crippen MR) is 99.1 cm³/mol. The summed E-state index contributed by atoms with van der Waals surface area (Å²) in [5, 5.41) is 22.0. The summed E-state index contributed by atoms with van der Waals surface area (Å²) in [6, 6.07) is 7.07. The first-order valence-electron chi connectivity index (χ1n) is 8.57. The third-order valence-electron chi connectivity index (χ3n) is 4.64. The minimum Gasteiger partial charge on any atom is -0.534 e. The van der Waals surface area contributed by atoms with Gasteiger partial charge in [-0.05, 0) is 35.7 Å². The van der Waals surface area contributed by atoms with E-state index in [0.717, 1.165) is 6.07 Å². The molecule has 1 aliphatic rings. The number of benzene rings is 2. The summed E-state index contributed by atoms with van der Waals surface area (Å²) < 4.78 is 19.5. The molecule has 0 aliphatic carbocycles. The van der Waals surface area contributed by atoms with Crippen LogP contribution in [0.1, 0.15) is 37.4 Å². The SMILES string of the molecule is NCc1cc(C(=O)N[C@H]2Cc3cccc(C(=O)O)c3OB2O)cc(F)c1CN. The van der Waals surface area contributed by atoms with Gasteiger partial charge in [-0.3, -0.25) is 4.79 Å². The molecule has 0 fully saturated rings. The molecule has 2 aromatic rings. The second-order valence-corrected chi connectivity index (χ2v) is 6.40. The molecule has 0 saturated heterocycles. The third kappa shape index (κ3) is 3.70. The van der Waals surface area contributed by atoms with Gasteiger partial charge in [0.1, 0.15) is 11.6 Å². The summed E-state index contributed by atoms with van der Waals surface area (Å²) >= 11 is 0. The molecule has 1 aliphatic heterocycles. The highest BCUT2D eigenvalue weighted by Gasteiger charge is 2.38. The largest absolute Gasteiger partial charge is 0.547 e. The molecular weight excluding hydrogens is 368 g/mol. The highest BCUT2D eigenvalue weighted by atomic mass is 19.1. The van der Waals surface area contributed by atoms with Crippen molar-refractivity contribution in [3.05, 3.63) is 64.0 Å². The number of hydrogen-bond acceptors (Lipinski definition) is 6. The number of aromatic carboxylic acids is 1. The predicted octanol–water partition coefficient (Wildman–Crippen LogP) is 0.194. The van der Waals surface area contributed by atoms with Crippen LogP contribution < -0.4 is 21.4 Å². The Labute approximate surface area is 160 Å². The van der Waals surface area contributed by atoms with Gasteiger partial charge in [0.05, 0.1) is 11.5 Å². The van der Waals surface area contributed by atoms with E-state index in [2.05, 4.69) is 5.32 Å². The zero-order valence-electron chi connectivity index (χ0n) is 14.8. The van der Waals surface area contributed by atoms with E-state index in [-0.39, 0.29) is 42.0 Å². The number of hydrogen-bond donors (Lipinski definition) is 5. The van der Waals surface area contributed by atoms with Crippen molar-refractivity contribution >= 4 is 19.0 Å². The summed E-state index contributed by atoms with van der Waals surface area (Å²) in [6.45, 7) is -0.0246. The van der Waals surface area contributed by atoms with Crippen LogP contribution in [0.2, 0.25) is 0 Å². The Hall–Kier alpha value is -2.95. The number of nitrogens with two attached hydrogens (primary N) is 2. The summed E-state index contributed by atoms with van der Waals surface area (Å²) in [7, 11) is -1.46. The zero-order valence-corrected chi connectivity index (χ0v) is 14.8. The van der Waals surface area contributed by atoms with E-state index >= 15 is 0 Å². The van der Waals surface area contributed by atoms with Gasteiger partial charge in [-0.25, -0.2) is 9.18 Å². The normalized spacial score (nSPS) is 15.6. The first-order chi connectivity index (χ1) is 13.3. The number of para-hydroxylation sites is 1. The van der Waals surface area contributed by atoms with Gasteiger partial charge in [-0.1, -0.05) is 12.1 Å². The molecule has 7 N–H and O–H groups in total. The molecule has 1 heterocycles. The van der Waals surface area contributed by atoms with Gasteiger partial charge in [0.25, 0.3) is 5.91 Å². The number of amides is 1. The minimum atomic E-state index is -1.46. The number of carbonyl (C=O) groups excluding carboxylic acids is 1. The molecule has 28 heavy (non-hydrogen) atoms. The van der Waals surface area contributed by atoms with E-state index in [1.165, 1.54) is 12.1 Å². The van der Waals surface area contributed by atoms with Crippen molar-refractivity contribution in [1.29, 1.82) is 0 Å². The molecule has 0 aromatic heterocycles. The summed E-state index contributed by atoms with van der Waals surface area (Å²) in [4.78, 5) is 23.8. The fourth-order valence-electron chi connectivity index (χ4n) is 3.20. The smallest absolute Gasteiger partial charge is 0.534 e. The van der Waals surface area contributed by atoms with E-state index in [4.69, 9.17) is 16.1 Å². The molecule has 2 aromatic carbocycles. The first kappa shape index (κ1) is 19.8. The highest BCUT2D eigenvalue weighted by Crippen LogP contribution is 2.30. The standard InChI is InChI=1S/C18H19BFN3O5/c20-14-5-10(4-11(7-21)13(14)8-22)17(24)23-15-6-9-2-1-3-12(18(25)26)16(9)28-19(15)27/h1-5,15,27H,6-8,21-22H2,(H,23,24)(H,25,26)/t15-/m0/s1. The lowest BCUT2D eigenvalue weighted by molar-refractivity contribution is 0.0693. The number of carboxylic acids is 1. The fourth-order valence-corrected chi connectivity index (χ4v) is 3.20. The monoisotopic (exact) mass is 387 g/mol. The molecule has 10 heteroatoms. The molecule has 0 bridgehead atoms. The maximum absolute atomic E-state index is 14.2. The van der Waals surface area contributed by atoms with E-state index in [0.29, 0.717) is 11.1 Å². The Bertz CT molecular complexity index is 940.